The molecule has 1 saturated heterocycles. The van der Waals surface area contributed by atoms with Gasteiger partial charge in [-0.1, -0.05) is 17.9 Å². The number of fused-ring (bicyclic) bond motifs is 1. The Morgan fingerprint density at radius 3 is 2.78 bits per heavy atom. The van der Waals surface area contributed by atoms with Gasteiger partial charge in [0.1, 0.15) is 11.6 Å². The van der Waals surface area contributed by atoms with Crippen molar-refractivity contribution in [2.75, 3.05) is 23.4 Å². The maximum absolute atomic E-state index is 12.4. The maximum atomic E-state index is 12.4. The number of piperidine rings is 1. The molecule has 0 saturated carbocycles. The first-order valence-corrected chi connectivity index (χ1v) is 10.7. The number of unbranched alkanes of at least 4 members (excludes halogenated alkanes) is 1. The second kappa shape index (κ2) is 9.49. The van der Waals surface area contributed by atoms with Gasteiger partial charge in [0.2, 0.25) is 18.2 Å². The number of imide groups is 1. The number of para-hydroxylation sites is 1. The number of hydrogen-bond acceptors (Lipinski definition) is 7. The number of benzene rings is 1. The van der Waals surface area contributed by atoms with Gasteiger partial charge in [-0.25, -0.2) is 4.79 Å². The van der Waals surface area contributed by atoms with E-state index in [1.165, 1.54) is 0 Å². The summed E-state index contributed by atoms with van der Waals surface area (Å²) in [6.07, 6.45) is 0.334. The molecule has 172 valence electrons. The minimum absolute atomic E-state index is 0.232. The summed E-state index contributed by atoms with van der Waals surface area (Å²) >= 11 is 0. The standard InChI is InChI=1S/C23H30N4O5/c1-23(2,3)32-21(30)24-14-7-5-6-9-15-10-8-11-16-19(15)26(4)22(31)27(16)17-12-13-18(28)25-20(17)29/h8,10-11,17,22,31H,5,7,12-14H2,1-4H3,(H,24,30)(H,25,28,29). The van der Waals surface area contributed by atoms with Crippen LogP contribution in [0, 0.1) is 11.8 Å². The van der Waals surface area contributed by atoms with Crippen molar-refractivity contribution in [1.82, 2.24) is 10.6 Å². The van der Waals surface area contributed by atoms with Crippen molar-refractivity contribution in [2.24, 2.45) is 0 Å². The number of carbonyl (C=O) groups is 3. The van der Waals surface area contributed by atoms with Crippen LogP contribution in [-0.2, 0) is 14.3 Å². The molecular weight excluding hydrogens is 412 g/mol. The van der Waals surface area contributed by atoms with Crippen LogP contribution in [-0.4, -0.2) is 54.6 Å². The van der Waals surface area contributed by atoms with Crippen LogP contribution in [0.1, 0.15) is 52.0 Å². The van der Waals surface area contributed by atoms with Crippen molar-refractivity contribution < 1.29 is 24.2 Å². The van der Waals surface area contributed by atoms with E-state index in [9.17, 15) is 19.5 Å². The first kappa shape index (κ1) is 23.4. The smallest absolute Gasteiger partial charge is 0.407 e. The Kier molecular flexibility index (Phi) is 6.94. The van der Waals surface area contributed by atoms with Gasteiger partial charge in [-0.05, 0) is 45.7 Å². The van der Waals surface area contributed by atoms with Gasteiger partial charge >= 0.3 is 6.09 Å². The monoisotopic (exact) mass is 442 g/mol. The lowest BCUT2D eigenvalue weighted by Gasteiger charge is -2.34. The molecule has 1 aromatic rings. The second-order valence-electron chi connectivity index (χ2n) is 8.84. The number of aliphatic hydroxyl groups excluding tert-OH is 1. The summed E-state index contributed by atoms with van der Waals surface area (Å²) in [7, 11) is 1.74. The molecule has 2 aliphatic rings. The quantitative estimate of drug-likeness (QED) is 0.370. The van der Waals surface area contributed by atoms with E-state index < -0.39 is 30.0 Å². The van der Waals surface area contributed by atoms with Crippen molar-refractivity contribution in [3.63, 3.8) is 0 Å². The lowest BCUT2D eigenvalue weighted by Crippen LogP contribution is -2.56. The average molecular weight is 443 g/mol. The van der Waals surface area contributed by atoms with E-state index in [0.29, 0.717) is 31.5 Å². The number of rotatable bonds is 4. The van der Waals surface area contributed by atoms with Crippen LogP contribution in [0.25, 0.3) is 0 Å². The lowest BCUT2D eigenvalue weighted by atomic mass is 10.0. The molecule has 2 atom stereocenters. The SMILES string of the molecule is CN1c2c(C#CCCCNC(=O)OC(C)(C)C)cccc2N(C2CCC(=O)NC2=O)C1O. The maximum Gasteiger partial charge on any atom is 0.407 e. The number of nitrogens with zero attached hydrogens (tertiary/aromatic N) is 2. The van der Waals surface area contributed by atoms with Crippen molar-refractivity contribution in [2.45, 2.75) is 64.4 Å². The highest BCUT2D eigenvalue weighted by molar-refractivity contribution is 6.02. The topological polar surface area (TPSA) is 111 Å². The average Bonchev–Trinajstić information content (AvgIpc) is 2.95. The number of nitrogens with one attached hydrogen (secondary N) is 2. The number of anilines is 2. The highest BCUT2D eigenvalue weighted by Gasteiger charge is 2.42. The highest BCUT2D eigenvalue weighted by atomic mass is 16.6. The molecule has 1 aromatic carbocycles. The third-order valence-electron chi connectivity index (χ3n) is 5.16. The van der Waals surface area contributed by atoms with Crippen molar-refractivity contribution in [3.05, 3.63) is 23.8 Å². The molecule has 2 aliphatic heterocycles. The van der Waals surface area contributed by atoms with Crippen LogP contribution in [0.5, 0.6) is 0 Å². The number of hydrogen-bond donors (Lipinski definition) is 3. The number of aliphatic hydroxyl groups is 1. The normalized spacial score (nSPS) is 20.3. The Morgan fingerprint density at radius 1 is 1.34 bits per heavy atom. The predicted octanol–water partition coefficient (Wildman–Crippen LogP) is 1.68. The molecule has 3 N–H and O–H groups in total. The number of carbonyl (C=O) groups excluding carboxylic acids is 3. The van der Waals surface area contributed by atoms with Crippen LogP contribution in [0.2, 0.25) is 0 Å². The summed E-state index contributed by atoms with van der Waals surface area (Å²) < 4.78 is 5.19. The zero-order chi connectivity index (χ0) is 23.5. The van der Waals surface area contributed by atoms with Gasteiger partial charge in [0.15, 0.2) is 0 Å². The summed E-state index contributed by atoms with van der Waals surface area (Å²) in [4.78, 5) is 38.8. The van der Waals surface area contributed by atoms with E-state index in [2.05, 4.69) is 22.5 Å². The van der Waals surface area contributed by atoms with E-state index >= 15 is 0 Å². The van der Waals surface area contributed by atoms with Gasteiger partial charge in [-0.3, -0.25) is 14.9 Å². The summed E-state index contributed by atoms with van der Waals surface area (Å²) in [6, 6.07) is 4.90. The van der Waals surface area contributed by atoms with Crippen LogP contribution in [0.3, 0.4) is 0 Å². The van der Waals surface area contributed by atoms with E-state index in [1.807, 2.05) is 39.0 Å². The molecule has 3 amide bonds. The molecule has 0 aliphatic carbocycles. The Balaban J connectivity index is 1.65. The molecule has 2 heterocycles. The van der Waals surface area contributed by atoms with Gasteiger partial charge in [0.25, 0.3) is 0 Å². The van der Waals surface area contributed by atoms with Gasteiger partial charge in [-0.2, -0.15) is 0 Å². The molecule has 0 bridgehead atoms. The minimum Gasteiger partial charge on any atom is -0.444 e. The molecule has 3 rings (SSSR count). The molecule has 2 unspecified atom stereocenters. The summed E-state index contributed by atoms with van der Waals surface area (Å²) in [5.41, 5.74) is 1.64. The lowest BCUT2D eigenvalue weighted by molar-refractivity contribution is -0.134. The molecule has 1 fully saturated rings. The summed E-state index contributed by atoms with van der Waals surface area (Å²) in [5, 5.41) is 15.8. The van der Waals surface area contributed by atoms with Crippen LogP contribution in [0.4, 0.5) is 16.2 Å². The second-order valence-corrected chi connectivity index (χ2v) is 8.84. The molecule has 9 nitrogen and oxygen atoms in total. The van der Waals surface area contributed by atoms with Gasteiger partial charge in [0.05, 0.1) is 16.9 Å². The Bertz CT molecular complexity index is 959. The van der Waals surface area contributed by atoms with Crippen molar-refractivity contribution in [3.8, 4) is 11.8 Å². The molecular formula is C23H30N4O5. The first-order chi connectivity index (χ1) is 15.1. The predicted molar refractivity (Wildman–Crippen MR) is 120 cm³/mol. The Labute approximate surface area is 188 Å². The first-order valence-electron chi connectivity index (χ1n) is 10.7. The van der Waals surface area contributed by atoms with Crippen molar-refractivity contribution >= 4 is 29.3 Å². The zero-order valence-electron chi connectivity index (χ0n) is 18.9. The van der Waals surface area contributed by atoms with Gasteiger partial charge in [-0.15, -0.1) is 0 Å². The van der Waals surface area contributed by atoms with E-state index in [4.69, 9.17) is 4.74 Å². The highest BCUT2D eigenvalue weighted by Crippen LogP contribution is 2.42. The van der Waals surface area contributed by atoms with Crippen molar-refractivity contribution in [1.29, 1.82) is 0 Å². The number of ether oxygens (including phenoxy) is 1. The Hall–Kier alpha value is -3.25. The number of amides is 3. The van der Waals surface area contributed by atoms with Crippen LogP contribution >= 0.6 is 0 Å². The van der Waals surface area contributed by atoms with Crippen LogP contribution in [0.15, 0.2) is 18.2 Å². The molecule has 0 radical (unpaired) electrons. The Morgan fingerprint density at radius 2 is 2.09 bits per heavy atom. The summed E-state index contributed by atoms with van der Waals surface area (Å²) in [5.74, 6) is 5.54. The third kappa shape index (κ3) is 5.32. The largest absolute Gasteiger partial charge is 0.444 e. The van der Waals surface area contributed by atoms with Gasteiger partial charge in [0, 0.05) is 26.4 Å². The van der Waals surface area contributed by atoms with E-state index in [0.717, 1.165) is 11.3 Å². The van der Waals surface area contributed by atoms with E-state index in [-0.39, 0.29) is 12.3 Å². The fourth-order valence-corrected chi connectivity index (χ4v) is 3.75. The molecule has 9 heteroatoms. The number of alkyl carbamates (subject to hydrolysis) is 1. The fraction of sp³-hybridized carbons (Fsp3) is 0.522. The van der Waals surface area contributed by atoms with E-state index in [1.54, 1.807) is 16.8 Å². The van der Waals surface area contributed by atoms with Crippen LogP contribution < -0.4 is 20.4 Å². The molecule has 0 aromatic heterocycles. The molecule has 32 heavy (non-hydrogen) atoms. The fourth-order valence-electron chi connectivity index (χ4n) is 3.75. The zero-order valence-corrected chi connectivity index (χ0v) is 18.9. The molecule has 0 spiro atoms. The van der Waals surface area contributed by atoms with Gasteiger partial charge < -0.3 is 25.0 Å². The minimum atomic E-state index is -1.03. The third-order valence-corrected chi connectivity index (χ3v) is 5.16. The summed E-state index contributed by atoms with van der Waals surface area (Å²) in [6.45, 7) is 5.89.